The number of hydrogen-bond donors (Lipinski definition) is 2. The van der Waals surface area contributed by atoms with E-state index in [2.05, 4.69) is 17.2 Å². The number of amides is 1. The summed E-state index contributed by atoms with van der Waals surface area (Å²) < 4.78 is 4.73. The predicted molar refractivity (Wildman–Crippen MR) is 93.3 cm³/mol. The molecule has 2 rings (SSSR count). The number of benzene rings is 1. The van der Waals surface area contributed by atoms with Crippen LogP contribution in [-0.4, -0.2) is 24.0 Å². The maximum Gasteiger partial charge on any atom is 0.354 e. The van der Waals surface area contributed by atoms with Gasteiger partial charge in [0.05, 0.1) is 7.11 Å². The van der Waals surface area contributed by atoms with E-state index >= 15 is 0 Å². The second-order valence-electron chi connectivity index (χ2n) is 5.43. The molecule has 0 unspecified atom stereocenters. The van der Waals surface area contributed by atoms with Crippen LogP contribution in [0.3, 0.4) is 0 Å². The number of aromatic amines is 1. The van der Waals surface area contributed by atoms with Gasteiger partial charge in [-0.05, 0) is 48.7 Å². The third kappa shape index (κ3) is 4.84. The van der Waals surface area contributed by atoms with Crippen LogP contribution in [0.1, 0.15) is 41.4 Å². The number of nitrogens with one attached hydrogen (secondary N) is 2. The lowest BCUT2D eigenvalue weighted by molar-refractivity contribution is -0.136. The Morgan fingerprint density at radius 2 is 1.96 bits per heavy atom. The monoisotopic (exact) mass is 326 g/mol. The van der Waals surface area contributed by atoms with Gasteiger partial charge in [-0.15, -0.1) is 0 Å². The van der Waals surface area contributed by atoms with Crippen LogP contribution >= 0.6 is 0 Å². The van der Waals surface area contributed by atoms with Gasteiger partial charge in [0.1, 0.15) is 5.70 Å². The van der Waals surface area contributed by atoms with Crippen LogP contribution in [0.15, 0.2) is 48.3 Å². The average molecular weight is 326 g/mol. The Balaban J connectivity index is 2.11. The van der Waals surface area contributed by atoms with Gasteiger partial charge < -0.3 is 15.0 Å². The maximum absolute atomic E-state index is 12.4. The number of aromatic nitrogens is 1. The van der Waals surface area contributed by atoms with Crippen LogP contribution < -0.4 is 5.32 Å². The molecule has 1 aromatic carbocycles. The van der Waals surface area contributed by atoms with Crippen molar-refractivity contribution in [2.75, 3.05) is 7.11 Å². The highest BCUT2D eigenvalue weighted by Crippen LogP contribution is 2.10. The van der Waals surface area contributed by atoms with Crippen molar-refractivity contribution in [1.82, 2.24) is 10.3 Å². The zero-order valence-electron chi connectivity index (χ0n) is 14.0. The molecule has 0 aliphatic heterocycles. The van der Waals surface area contributed by atoms with Crippen LogP contribution in [0.25, 0.3) is 6.08 Å². The van der Waals surface area contributed by atoms with Gasteiger partial charge in [0.2, 0.25) is 0 Å². The molecule has 0 fully saturated rings. The summed E-state index contributed by atoms with van der Waals surface area (Å²) in [5.74, 6) is -0.947. The summed E-state index contributed by atoms with van der Waals surface area (Å²) in [7, 11) is 1.28. The zero-order valence-corrected chi connectivity index (χ0v) is 14.0. The molecule has 0 aliphatic rings. The number of methoxy groups -OCH3 is 1. The minimum absolute atomic E-state index is 0.0833. The van der Waals surface area contributed by atoms with Crippen LogP contribution in [-0.2, 0) is 16.0 Å². The Hall–Kier alpha value is -2.82. The normalized spacial score (nSPS) is 11.2. The predicted octanol–water partition coefficient (Wildman–Crippen LogP) is 3.30. The zero-order chi connectivity index (χ0) is 17.4. The van der Waals surface area contributed by atoms with Crippen LogP contribution in [0.5, 0.6) is 0 Å². The molecule has 126 valence electrons. The molecule has 0 saturated heterocycles. The van der Waals surface area contributed by atoms with Crippen molar-refractivity contribution in [2.24, 2.45) is 0 Å². The number of carbonyl (C=O) groups excluding carboxylic acids is 2. The highest BCUT2D eigenvalue weighted by atomic mass is 16.5. The standard InChI is InChI=1S/C19H22N2O3/c1-3-4-6-14-8-10-15(11-9-14)18(22)21-17(19(23)24-2)13-16-7-5-12-20-16/h5,7-13,20H,3-4,6H2,1-2H3,(H,21,22)/b17-13+. The molecule has 1 aromatic heterocycles. The first-order chi connectivity index (χ1) is 11.6. The average Bonchev–Trinajstić information content (AvgIpc) is 3.12. The van der Waals surface area contributed by atoms with Crippen molar-refractivity contribution in [2.45, 2.75) is 26.2 Å². The topological polar surface area (TPSA) is 71.2 Å². The number of ether oxygens (including phenoxy) is 1. The maximum atomic E-state index is 12.4. The van der Waals surface area contributed by atoms with E-state index in [1.165, 1.54) is 12.7 Å². The third-order valence-electron chi connectivity index (χ3n) is 3.61. The summed E-state index contributed by atoms with van der Waals surface area (Å²) in [5.41, 5.74) is 2.48. The SMILES string of the molecule is CCCCc1ccc(C(=O)N/C(=C/c2ccc[nH]2)C(=O)OC)cc1. The molecular formula is C19H22N2O3. The van der Waals surface area contributed by atoms with Gasteiger partial charge in [0.25, 0.3) is 5.91 Å². The molecule has 0 radical (unpaired) electrons. The first-order valence-electron chi connectivity index (χ1n) is 7.97. The van der Waals surface area contributed by atoms with Gasteiger partial charge in [-0.3, -0.25) is 4.79 Å². The van der Waals surface area contributed by atoms with Gasteiger partial charge in [-0.25, -0.2) is 4.79 Å². The fraction of sp³-hybridized carbons (Fsp3) is 0.263. The summed E-state index contributed by atoms with van der Waals surface area (Å²) in [5, 5.41) is 2.61. The summed E-state index contributed by atoms with van der Waals surface area (Å²) in [6, 6.07) is 11.0. The lowest BCUT2D eigenvalue weighted by Gasteiger charge is -2.08. The molecule has 5 nitrogen and oxygen atoms in total. The van der Waals surface area contributed by atoms with Crippen molar-refractivity contribution in [1.29, 1.82) is 0 Å². The van der Waals surface area contributed by atoms with E-state index in [0.29, 0.717) is 11.3 Å². The number of esters is 1. The van der Waals surface area contributed by atoms with E-state index in [-0.39, 0.29) is 11.6 Å². The molecule has 0 atom stereocenters. The van der Waals surface area contributed by atoms with E-state index in [1.807, 2.05) is 12.1 Å². The van der Waals surface area contributed by atoms with Crippen molar-refractivity contribution >= 4 is 18.0 Å². The van der Waals surface area contributed by atoms with Gasteiger partial charge >= 0.3 is 5.97 Å². The lowest BCUT2D eigenvalue weighted by Crippen LogP contribution is -2.28. The molecule has 24 heavy (non-hydrogen) atoms. The Morgan fingerprint density at radius 3 is 2.54 bits per heavy atom. The van der Waals surface area contributed by atoms with Gasteiger partial charge in [0, 0.05) is 17.5 Å². The molecule has 0 bridgehead atoms. The van der Waals surface area contributed by atoms with Crippen molar-refractivity contribution in [3.63, 3.8) is 0 Å². The largest absolute Gasteiger partial charge is 0.464 e. The van der Waals surface area contributed by atoms with E-state index in [9.17, 15) is 9.59 Å². The molecule has 2 N–H and O–H groups in total. The van der Waals surface area contributed by atoms with Crippen molar-refractivity contribution in [3.8, 4) is 0 Å². The molecule has 2 aromatic rings. The van der Waals surface area contributed by atoms with E-state index in [0.717, 1.165) is 19.3 Å². The Bertz CT molecular complexity index is 701. The van der Waals surface area contributed by atoms with Crippen LogP contribution in [0.2, 0.25) is 0 Å². The molecule has 1 heterocycles. The number of H-pyrrole nitrogens is 1. The number of carbonyl (C=O) groups is 2. The Morgan fingerprint density at radius 1 is 1.21 bits per heavy atom. The minimum Gasteiger partial charge on any atom is -0.464 e. The second-order valence-corrected chi connectivity index (χ2v) is 5.43. The van der Waals surface area contributed by atoms with Gasteiger partial charge in [-0.1, -0.05) is 25.5 Å². The second kappa shape index (κ2) is 8.72. The van der Waals surface area contributed by atoms with Gasteiger partial charge in [0.15, 0.2) is 0 Å². The number of hydrogen-bond acceptors (Lipinski definition) is 3. The summed E-state index contributed by atoms with van der Waals surface area (Å²) in [6.07, 6.45) is 6.53. The van der Waals surface area contributed by atoms with E-state index < -0.39 is 5.97 Å². The Labute approximate surface area is 141 Å². The first-order valence-corrected chi connectivity index (χ1v) is 7.97. The fourth-order valence-electron chi connectivity index (χ4n) is 2.24. The van der Waals surface area contributed by atoms with Crippen LogP contribution in [0, 0.1) is 0 Å². The van der Waals surface area contributed by atoms with Gasteiger partial charge in [-0.2, -0.15) is 0 Å². The lowest BCUT2D eigenvalue weighted by atomic mass is 10.1. The summed E-state index contributed by atoms with van der Waals surface area (Å²) in [4.78, 5) is 27.2. The number of unbranched alkanes of at least 4 members (excludes halogenated alkanes) is 1. The quantitative estimate of drug-likeness (QED) is 0.606. The number of rotatable bonds is 7. The molecule has 0 spiro atoms. The highest BCUT2D eigenvalue weighted by molar-refractivity contribution is 6.03. The van der Waals surface area contributed by atoms with Crippen molar-refractivity contribution in [3.05, 3.63) is 65.1 Å². The summed E-state index contributed by atoms with van der Waals surface area (Å²) in [6.45, 7) is 2.15. The van der Waals surface area contributed by atoms with E-state index in [1.54, 1.807) is 36.5 Å². The number of aryl methyl sites for hydroxylation is 1. The fourth-order valence-corrected chi connectivity index (χ4v) is 2.24. The third-order valence-corrected chi connectivity index (χ3v) is 3.61. The first kappa shape index (κ1) is 17.5. The molecule has 1 amide bonds. The Kier molecular flexibility index (Phi) is 6.37. The van der Waals surface area contributed by atoms with Crippen molar-refractivity contribution < 1.29 is 14.3 Å². The molecular weight excluding hydrogens is 304 g/mol. The smallest absolute Gasteiger partial charge is 0.354 e. The summed E-state index contributed by atoms with van der Waals surface area (Å²) >= 11 is 0. The molecule has 0 aliphatic carbocycles. The van der Waals surface area contributed by atoms with Crippen LogP contribution in [0.4, 0.5) is 0 Å². The molecule has 5 heteroatoms. The van der Waals surface area contributed by atoms with E-state index in [4.69, 9.17) is 4.74 Å². The minimum atomic E-state index is -0.600. The highest BCUT2D eigenvalue weighted by Gasteiger charge is 2.15. The molecule has 0 saturated carbocycles.